The molecule has 170 valence electrons. The van der Waals surface area contributed by atoms with Gasteiger partial charge in [-0.05, 0) is 54.7 Å². The van der Waals surface area contributed by atoms with Crippen molar-refractivity contribution in [1.82, 2.24) is 9.62 Å². The highest BCUT2D eigenvalue weighted by Gasteiger charge is 2.37. The number of rotatable bonds is 5. The highest BCUT2D eigenvalue weighted by Crippen LogP contribution is 2.38. The molecule has 2 amide bonds. The second kappa shape index (κ2) is 9.43. The highest BCUT2D eigenvalue weighted by atomic mass is 35.5. The van der Waals surface area contributed by atoms with Crippen molar-refractivity contribution in [3.8, 4) is 0 Å². The molecule has 1 saturated heterocycles. The summed E-state index contributed by atoms with van der Waals surface area (Å²) >= 11 is 7.03. The van der Waals surface area contributed by atoms with Crippen LogP contribution in [0.3, 0.4) is 0 Å². The quantitative estimate of drug-likeness (QED) is 0.621. The number of sulfonamides is 1. The predicted octanol–water partition coefficient (Wildman–Crippen LogP) is 3.49. The number of fused-ring (bicyclic) bond motifs is 1. The molecule has 0 aromatic heterocycles. The number of benzene rings is 2. The van der Waals surface area contributed by atoms with Crippen molar-refractivity contribution in [3.63, 3.8) is 0 Å². The lowest BCUT2D eigenvalue weighted by atomic mass is 9.99. The molecule has 2 aromatic rings. The van der Waals surface area contributed by atoms with Gasteiger partial charge in [0.05, 0.1) is 10.6 Å². The Kier molecular flexibility index (Phi) is 6.80. The molecule has 0 aliphatic carbocycles. The van der Waals surface area contributed by atoms with E-state index in [2.05, 4.69) is 17.0 Å². The molecule has 4 rings (SSSR count). The topological polar surface area (TPSA) is 95.6 Å². The predicted molar refractivity (Wildman–Crippen MR) is 125 cm³/mol. The van der Waals surface area contributed by atoms with Crippen LogP contribution in [0, 0.1) is 5.92 Å². The number of halogens is 1. The number of anilines is 1. The molecule has 2 aromatic carbocycles. The summed E-state index contributed by atoms with van der Waals surface area (Å²) in [6.45, 7) is 3.60. The summed E-state index contributed by atoms with van der Waals surface area (Å²) in [6.07, 6.45) is 1.87. The van der Waals surface area contributed by atoms with Crippen molar-refractivity contribution < 1.29 is 18.0 Å². The smallest absolute Gasteiger partial charge is 0.247 e. The van der Waals surface area contributed by atoms with Crippen LogP contribution in [0.5, 0.6) is 0 Å². The number of hydrogen-bond acceptors (Lipinski definition) is 5. The molecule has 2 aliphatic rings. The Balaban J connectivity index is 1.46. The van der Waals surface area contributed by atoms with E-state index >= 15 is 0 Å². The third-order valence-corrected chi connectivity index (χ3v) is 8.61. The fourth-order valence-corrected chi connectivity index (χ4v) is 5.90. The Labute approximate surface area is 196 Å². The second-order valence-electron chi connectivity index (χ2n) is 8.10. The molecule has 0 saturated carbocycles. The molecule has 0 unspecified atom stereocenters. The highest BCUT2D eigenvalue weighted by molar-refractivity contribution is 8.01. The fraction of sp³-hybridized carbons (Fsp3) is 0.364. The van der Waals surface area contributed by atoms with Crippen LogP contribution in [0.4, 0.5) is 5.69 Å². The molecular formula is C22H24ClN3O4S2. The number of nitrogens with one attached hydrogen (secondary N) is 2. The average Bonchev–Trinajstić information content (AvgIpc) is 2.78. The van der Waals surface area contributed by atoms with Gasteiger partial charge in [0.1, 0.15) is 0 Å². The van der Waals surface area contributed by atoms with Gasteiger partial charge in [-0.25, -0.2) is 13.1 Å². The Morgan fingerprint density at radius 3 is 2.56 bits per heavy atom. The number of likely N-dealkylation sites (tertiary alicyclic amines) is 1. The van der Waals surface area contributed by atoms with Crippen molar-refractivity contribution in [1.29, 1.82) is 0 Å². The third kappa shape index (κ3) is 5.11. The largest absolute Gasteiger partial charge is 0.341 e. The van der Waals surface area contributed by atoms with E-state index < -0.39 is 21.2 Å². The van der Waals surface area contributed by atoms with Gasteiger partial charge in [-0.15, -0.1) is 11.8 Å². The first-order valence-electron chi connectivity index (χ1n) is 10.4. The summed E-state index contributed by atoms with van der Waals surface area (Å²) in [7, 11) is -3.79. The lowest BCUT2D eigenvalue weighted by Crippen LogP contribution is -2.47. The van der Waals surface area contributed by atoms with Crippen LogP contribution in [0.1, 0.15) is 25.3 Å². The van der Waals surface area contributed by atoms with Crippen LogP contribution < -0.4 is 10.0 Å². The number of hydrogen-bond donors (Lipinski definition) is 2. The zero-order valence-corrected chi connectivity index (χ0v) is 19.9. The fourth-order valence-electron chi connectivity index (χ4n) is 3.68. The molecule has 0 spiro atoms. The number of piperidine rings is 1. The van der Waals surface area contributed by atoms with Gasteiger partial charge >= 0.3 is 0 Å². The molecule has 0 radical (unpaired) electrons. The van der Waals surface area contributed by atoms with Gasteiger partial charge in [-0.2, -0.15) is 0 Å². The SMILES string of the molecule is CC1CCN(C(=O)[C@H]2Sc3ccc(S(=O)(=O)NCc4ccc(Cl)cc4)cc3NC2=O)CC1. The maximum absolute atomic E-state index is 12.9. The second-order valence-corrected chi connectivity index (χ2v) is 11.5. The molecule has 7 nitrogen and oxygen atoms in total. The van der Waals surface area contributed by atoms with Crippen molar-refractivity contribution >= 4 is 50.9 Å². The average molecular weight is 494 g/mol. The Morgan fingerprint density at radius 1 is 1.19 bits per heavy atom. The molecule has 32 heavy (non-hydrogen) atoms. The van der Waals surface area contributed by atoms with E-state index in [1.165, 1.54) is 23.9 Å². The summed E-state index contributed by atoms with van der Waals surface area (Å²) in [5.41, 5.74) is 1.17. The number of amides is 2. The van der Waals surface area contributed by atoms with E-state index in [4.69, 9.17) is 11.6 Å². The molecule has 0 bridgehead atoms. The lowest BCUT2D eigenvalue weighted by Gasteiger charge is -2.33. The molecule has 1 atom stereocenters. The number of carbonyl (C=O) groups excluding carboxylic acids is 2. The van der Waals surface area contributed by atoms with E-state index in [9.17, 15) is 18.0 Å². The Morgan fingerprint density at radius 2 is 1.88 bits per heavy atom. The molecule has 10 heteroatoms. The molecule has 2 N–H and O–H groups in total. The van der Waals surface area contributed by atoms with Crippen LogP contribution >= 0.6 is 23.4 Å². The molecule has 1 fully saturated rings. The van der Waals surface area contributed by atoms with E-state index in [1.807, 2.05) is 0 Å². The number of carbonyl (C=O) groups is 2. The number of nitrogens with zero attached hydrogens (tertiary/aromatic N) is 1. The number of thioether (sulfide) groups is 1. The summed E-state index contributed by atoms with van der Waals surface area (Å²) in [6, 6.07) is 11.4. The summed E-state index contributed by atoms with van der Waals surface area (Å²) < 4.78 is 28.0. The van der Waals surface area contributed by atoms with Gasteiger partial charge in [0.15, 0.2) is 5.25 Å². The third-order valence-electron chi connectivity index (χ3n) is 5.70. The monoisotopic (exact) mass is 493 g/mol. The van der Waals surface area contributed by atoms with Gasteiger partial charge < -0.3 is 10.2 Å². The van der Waals surface area contributed by atoms with Gasteiger partial charge in [0.2, 0.25) is 21.8 Å². The zero-order valence-electron chi connectivity index (χ0n) is 17.5. The minimum atomic E-state index is -3.79. The minimum absolute atomic E-state index is 0.0425. The summed E-state index contributed by atoms with van der Waals surface area (Å²) in [5, 5.41) is 2.43. The van der Waals surface area contributed by atoms with E-state index in [0.29, 0.717) is 34.6 Å². The molecule has 2 heterocycles. The lowest BCUT2D eigenvalue weighted by molar-refractivity contribution is -0.135. The first-order chi connectivity index (χ1) is 15.2. The zero-order chi connectivity index (χ0) is 22.9. The van der Waals surface area contributed by atoms with Gasteiger partial charge in [0, 0.05) is 29.6 Å². The van der Waals surface area contributed by atoms with Crippen molar-refractivity contribution in [2.45, 2.75) is 41.4 Å². The van der Waals surface area contributed by atoms with Gasteiger partial charge in [0.25, 0.3) is 0 Å². The maximum Gasteiger partial charge on any atom is 0.247 e. The van der Waals surface area contributed by atoms with E-state index in [0.717, 1.165) is 18.4 Å². The van der Waals surface area contributed by atoms with Crippen LogP contribution in [0.25, 0.3) is 0 Å². The van der Waals surface area contributed by atoms with Crippen molar-refractivity contribution in [3.05, 3.63) is 53.1 Å². The van der Waals surface area contributed by atoms with Crippen molar-refractivity contribution in [2.24, 2.45) is 5.92 Å². The Bertz CT molecular complexity index is 1130. The normalized spacial score (nSPS) is 19.4. The molecule has 2 aliphatic heterocycles. The van der Waals surface area contributed by atoms with E-state index in [-0.39, 0.29) is 17.3 Å². The Hall–Kier alpha value is -2.07. The maximum atomic E-state index is 12.9. The molecular weight excluding hydrogens is 470 g/mol. The summed E-state index contributed by atoms with van der Waals surface area (Å²) in [5.74, 6) is -0.0255. The van der Waals surface area contributed by atoms with E-state index in [1.54, 1.807) is 35.2 Å². The standard InChI is InChI=1S/C22H24ClN3O4S2/c1-14-8-10-26(11-9-14)22(28)20-21(27)25-18-12-17(6-7-19(18)31-20)32(29,30)24-13-15-2-4-16(23)5-3-15/h2-7,12,14,20,24H,8-11,13H2,1H3,(H,25,27)/t20-/m0/s1. The van der Waals surface area contributed by atoms with Crippen LogP contribution in [0.2, 0.25) is 5.02 Å². The first kappa shape index (κ1) is 23.1. The summed E-state index contributed by atoms with van der Waals surface area (Å²) in [4.78, 5) is 28.0. The first-order valence-corrected chi connectivity index (χ1v) is 13.1. The van der Waals surface area contributed by atoms with Crippen LogP contribution in [-0.4, -0.2) is 43.5 Å². The van der Waals surface area contributed by atoms with Gasteiger partial charge in [-0.1, -0.05) is 30.7 Å². The van der Waals surface area contributed by atoms with Crippen molar-refractivity contribution in [2.75, 3.05) is 18.4 Å². The van der Waals surface area contributed by atoms with Gasteiger partial charge in [-0.3, -0.25) is 9.59 Å². The van der Waals surface area contributed by atoms with Crippen LogP contribution in [-0.2, 0) is 26.2 Å². The van der Waals surface area contributed by atoms with Crippen LogP contribution in [0.15, 0.2) is 52.3 Å². The minimum Gasteiger partial charge on any atom is -0.341 e.